The minimum absolute atomic E-state index is 0.0621. The fourth-order valence-corrected chi connectivity index (χ4v) is 3.13. The molecule has 2 heterocycles. The number of anilines is 1. The van der Waals surface area contributed by atoms with Gasteiger partial charge in [-0.2, -0.15) is 0 Å². The van der Waals surface area contributed by atoms with Gasteiger partial charge in [0, 0.05) is 56.9 Å². The van der Waals surface area contributed by atoms with Crippen LogP contribution in [-0.4, -0.2) is 48.5 Å². The molecule has 3 rings (SSSR count). The van der Waals surface area contributed by atoms with Gasteiger partial charge in [-0.05, 0) is 23.8 Å². The minimum Gasteiger partial charge on any atom is -0.354 e. The Hall–Kier alpha value is -2.11. The number of halogens is 1. The van der Waals surface area contributed by atoms with Gasteiger partial charge in [-0.1, -0.05) is 35.9 Å². The van der Waals surface area contributed by atoms with Crippen LogP contribution in [0.5, 0.6) is 0 Å². The second-order valence-corrected chi connectivity index (χ2v) is 6.54. The van der Waals surface area contributed by atoms with Crippen LogP contribution in [0.3, 0.4) is 0 Å². The summed E-state index contributed by atoms with van der Waals surface area (Å²) in [6.45, 7) is 5.05. The molecule has 1 N–H and O–H groups in total. The predicted octanol–water partition coefficient (Wildman–Crippen LogP) is 2.56. The van der Waals surface area contributed by atoms with E-state index in [2.05, 4.69) is 20.1 Å². The molecule has 0 aliphatic carbocycles. The molecule has 1 fully saturated rings. The number of benzene rings is 1. The van der Waals surface area contributed by atoms with Crippen molar-refractivity contribution in [2.75, 3.05) is 37.6 Å². The van der Waals surface area contributed by atoms with E-state index in [0.717, 1.165) is 44.1 Å². The number of nitrogens with zero attached hydrogens (tertiary/aromatic N) is 3. The number of nitrogens with one attached hydrogen (secondary N) is 1. The van der Waals surface area contributed by atoms with Gasteiger partial charge in [-0.3, -0.25) is 9.69 Å². The van der Waals surface area contributed by atoms with Gasteiger partial charge < -0.3 is 10.2 Å². The topological polar surface area (TPSA) is 48.5 Å². The molecule has 1 saturated heterocycles. The Kier molecular flexibility index (Phi) is 6.25. The summed E-state index contributed by atoms with van der Waals surface area (Å²) < 4.78 is 0. The average molecular weight is 359 g/mol. The molecule has 1 aromatic carbocycles. The first-order valence-electron chi connectivity index (χ1n) is 8.61. The molecule has 25 heavy (non-hydrogen) atoms. The number of aromatic nitrogens is 1. The summed E-state index contributed by atoms with van der Waals surface area (Å²) in [5.74, 6) is 1.09. The molecule has 2 aromatic rings. The van der Waals surface area contributed by atoms with Crippen molar-refractivity contribution in [3.63, 3.8) is 0 Å². The van der Waals surface area contributed by atoms with Crippen LogP contribution < -0.4 is 10.2 Å². The Labute approximate surface area is 153 Å². The molecule has 0 radical (unpaired) electrons. The molecule has 5 nitrogen and oxygen atoms in total. The highest BCUT2D eigenvalue weighted by Gasteiger charge is 2.18. The standard InChI is InChI=1S/C19H23ClN4O/c20-17-6-2-1-5-16(17)15-22-19(25)8-10-23-11-13-24(14-12-23)18-7-3-4-9-21-18/h1-7,9H,8,10-15H2,(H,22,25). The van der Waals surface area contributed by atoms with E-state index in [-0.39, 0.29) is 5.91 Å². The zero-order valence-electron chi connectivity index (χ0n) is 14.2. The van der Waals surface area contributed by atoms with E-state index >= 15 is 0 Å². The minimum atomic E-state index is 0.0621. The van der Waals surface area contributed by atoms with Crippen LogP contribution in [0.2, 0.25) is 5.02 Å². The van der Waals surface area contributed by atoms with Crippen molar-refractivity contribution < 1.29 is 4.79 Å². The highest BCUT2D eigenvalue weighted by molar-refractivity contribution is 6.31. The molecule has 1 aromatic heterocycles. The van der Waals surface area contributed by atoms with Crippen molar-refractivity contribution in [3.8, 4) is 0 Å². The molecular weight excluding hydrogens is 336 g/mol. The fourth-order valence-electron chi connectivity index (χ4n) is 2.92. The average Bonchev–Trinajstić information content (AvgIpc) is 2.67. The highest BCUT2D eigenvalue weighted by atomic mass is 35.5. The van der Waals surface area contributed by atoms with Gasteiger partial charge in [0.05, 0.1) is 0 Å². The number of pyridine rings is 1. The van der Waals surface area contributed by atoms with E-state index in [1.807, 2.05) is 48.7 Å². The van der Waals surface area contributed by atoms with Crippen LogP contribution in [-0.2, 0) is 11.3 Å². The van der Waals surface area contributed by atoms with Crippen LogP contribution >= 0.6 is 11.6 Å². The van der Waals surface area contributed by atoms with Gasteiger partial charge in [-0.25, -0.2) is 4.98 Å². The quantitative estimate of drug-likeness (QED) is 0.862. The third-order valence-electron chi connectivity index (χ3n) is 4.43. The van der Waals surface area contributed by atoms with Gasteiger partial charge in [-0.15, -0.1) is 0 Å². The lowest BCUT2D eigenvalue weighted by Gasteiger charge is -2.35. The number of hydrogen-bond donors (Lipinski definition) is 1. The van der Waals surface area contributed by atoms with Crippen molar-refractivity contribution in [2.45, 2.75) is 13.0 Å². The Morgan fingerprint density at radius 3 is 2.56 bits per heavy atom. The molecule has 0 spiro atoms. The Morgan fingerprint density at radius 1 is 1.08 bits per heavy atom. The van der Waals surface area contributed by atoms with Gasteiger partial charge in [0.1, 0.15) is 5.82 Å². The van der Waals surface area contributed by atoms with Gasteiger partial charge in [0.2, 0.25) is 5.91 Å². The van der Waals surface area contributed by atoms with E-state index in [1.54, 1.807) is 0 Å². The number of carbonyl (C=O) groups is 1. The van der Waals surface area contributed by atoms with Crippen LogP contribution in [0.25, 0.3) is 0 Å². The Bertz CT molecular complexity index is 687. The van der Waals surface area contributed by atoms with Crippen molar-refractivity contribution in [1.29, 1.82) is 0 Å². The van der Waals surface area contributed by atoms with Crippen LogP contribution in [0, 0.1) is 0 Å². The first-order valence-corrected chi connectivity index (χ1v) is 8.98. The maximum atomic E-state index is 12.1. The van der Waals surface area contributed by atoms with E-state index in [9.17, 15) is 4.79 Å². The van der Waals surface area contributed by atoms with E-state index in [0.29, 0.717) is 18.0 Å². The predicted molar refractivity (Wildman–Crippen MR) is 101 cm³/mol. The monoisotopic (exact) mass is 358 g/mol. The van der Waals surface area contributed by atoms with E-state index in [1.165, 1.54) is 0 Å². The lowest BCUT2D eigenvalue weighted by molar-refractivity contribution is -0.121. The smallest absolute Gasteiger partial charge is 0.221 e. The summed E-state index contributed by atoms with van der Waals surface area (Å²) in [5.41, 5.74) is 0.946. The number of hydrogen-bond acceptors (Lipinski definition) is 4. The summed E-state index contributed by atoms with van der Waals surface area (Å²) in [7, 11) is 0. The highest BCUT2D eigenvalue weighted by Crippen LogP contribution is 2.15. The summed E-state index contributed by atoms with van der Waals surface area (Å²) in [6, 6.07) is 13.6. The molecule has 132 valence electrons. The molecule has 0 unspecified atom stereocenters. The zero-order chi connectivity index (χ0) is 17.5. The Morgan fingerprint density at radius 2 is 1.84 bits per heavy atom. The molecular formula is C19H23ClN4O. The van der Waals surface area contributed by atoms with Crippen LogP contribution in [0.1, 0.15) is 12.0 Å². The second kappa shape index (κ2) is 8.83. The van der Waals surface area contributed by atoms with Crippen molar-refractivity contribution in [2.24, 2.45) is 0 Å². The zero-order valence-corrected chi connectivity index (χ0v) is 15.0. The maximum absolute atomic E-state index is 12.1. The molecule has 0 atom stereocenters. The van der Waals surface area contributed by atoms with Crippen LogP contribution in [0.4, 0.5) is 5.82 Å². The first-order chi connectivity index (χ1) is 12.2. The lowest BCUT2D eigenvalue weighted by Crippen LogP contribution is -2.47. The third-order valence-corrected chi connectivity index (χ3v) is 4.80. The fraction of sp³-hybridized carbons (Fsp3) is 0.368. The lowest BCUT2D eigenvalue weighted by atomic mass is 10.2. The summed E-state index contributed by atoms with van der Waals surface area (Å²) in [6.07, 6.45) is 2.33. The molecule has 1 aliphatic rings. The summed E-state index contributed by atoms with van der Waals surface area (Å²) >= 11 is 6.10. The molecule has 0 bridgehead atoms. The number of amides is 1. The van der Waals surface area contributed by atoms with E-state index < -0.39 is 0 Å². The normalized spacial score (nSPS) is 15.2. The van der Waals surface area contributed by atoms with Crippen molar-refractivity contribution >= 4 is 23.3 Å². The molecule has 6 heteroatoms. The SMILES string of the molecule is O=C(CCN1CCN(c2ccccn2)CC1)NCc1ccccc1Cl. The molecule has 0 saturated carbocycles. The molecule has 1 aliphatic heterocycles. The second-order valence-electron chi connectivity index (χ2n) is 6.13. The van der Waals surface area contributed by atoms with Crippen LogP contribution in [0.15, 0.2) is 48.7 Å². The largest absolute Gasteiger partial charge is 0.354 e. The third kappa shape index (κ3) is 5.18. The first kappa shape index (κ1) is 17.7. The number of carbonyl (C=O) groups excluding carboxylic acids is 1. The van der Waals surface area contributed by atoms with Gasteiger partial charge >= 0.3 is 0 Å². The number of rotatable bonds is 6. The van der Waals surface area contributed by atoms with Crippen molar-refractivity contribution in [3.05, 3.63) is 59.2 Å². The maximum Gasteiger partial charge on any atom is 0.221 e. The summed E-state index contributed by atoms with van der Waals surface area (Å²) in [5, 5.41) is 3.63. The summed E-state index contributed by atoms with van der Waals surface area (Å²) in [4.78, 5) is 21.1. The Balaban J connectivity index is 1.37. The van der Waals surface area contributed by atoms with Crippen molar-refractivity contribution in [1.82, 2.24) is 15.2 Å². The number of piperazine rings is 1. The van der Waals surface area contributed by atoms with Gasteiger partial charge in [0.15, 0.2) is 0 Å². The van der Waals surface area contributed by atoms with Gasteiger partial charge in [0.25, 0.3) is 0 Å². The van der Waals surface area contributed by atoms with E-state index in [4.69, 9.17) is 11.6 Å². The molecule has 1 amide bonds.